The van der Waals surface area contributed by atoms with E-state index in [9.17, 15) is 4.79 Å². The van der Waals surface area contributed by atoms with E-state index in [0.29, 0.717) is 5.57 Å². The number of fused-ring (bicyclic) bond motifs is 1. The number of anilines is 1. The van der Waals surface area contributed by atoms with E-state index < -0.39 is 0 Å². The summed E-state index contributed by atoms with van der Waals surface area (Å²) >= 11 is 0. The predicted molar refractivity (Wildman–Crippen MR) is 83.9 cm³/mol. The number of H-pyrrole nitrogens is 2. The second kappa shape index (κ2) is 5.28. The van der Waals surface area contributed by atoms with Crippen LogP contribution in [0.1, 0.15) is 13.8 Å². The number of carbonyl (C=O) groups is 1. The first-order valence-electron chi connectivity index (χ1n) is 6.75. The predicted octanol–water partition coefficient (Wildman–Crippen LogP) is 3.46. The van der Waals surface area contributed by atoms with Gasteiger partial charge in [-0.05, 0) is 44.2 Å². The molecule has 3 N–H and O–H groups in total. The van der Waals surface area contributed by atoms with E-state index in [4.69, 9.17) is 0 Å². The molecule has 21 heavy (non-hydrogen) atoms. The Labute approximate surface area is 122 Å². The van der Waals surface area contributed by atoms with Gasteiger partial charge in [0.05, 0.1) is 16.7 Å². The van der Waals surface area contributed by atoms with Crippen molar-refractivity contribution in [2.24, 2.45) is 0 Å². The van der Waals surface area contributed by atoms with Crippen LogP contribution < -0.4 is 5.32 Å². The number of rotatable bonds is 3. The molecule has 0 saturated heterocycles. The summed E-state index contributed by atoms with van der Waals surface area (Å²) < 4.78 is 0. The number of hydrogen-bond acceptors (Lipinski definition) is 2. The van der Waals surface area contributed by atoms with Crippen molar-refractivity contribution in [3.63, 3.8) is 0 Å². The van der Waals surface area contributed by atoms with Crippen molar-refractivity contribution >= 4 is 22.6 Å². The molecule has 1 amide bonds. The summed E-state index contributed by atoms with van der Waals surface area (Å²) in [5, 5.41) is 2.86. The first-order valence-corrected chi connectivity index (χ1v) is 6.75. The van der Waals surface area contributed by atoms with Crippen molar-refractivity contribution in [3.05, 3.63) is 48.2 Å². The highest BCUT2D eigenvalue weighted by Gasteiger charge is 2.08. The monoisotopic (exact) mass is 280 g/mol. The fraction of sp³-hybridized carbons (Fsp3) is 0.125. The summed E-state index contributed by atoms with van der Waals surface area (Å²) in [5.41, 5.74) is 4.10. The first kappa shape index (κ1) is 13.2. The molecule has 2 heterocycles. The van der Waals surface area contributed by atoms with E-state index >= 15 is 0 Å². The van der Waals surface area contributed by atoms with Gasteiger partial charge in [0.25, 0.3) is 5.91 Å². The largest absolute Gasteiger partial charge is 0.359 e. The third-order valence-electron chi connectivity index (χ3n) is 3.39. The molecule has 0 aliphatic heterocycles. The number of nitrogens with one attached hydrogen (secondary N) is 3. The van der Waals surface area contributed by atoms with Gasteiger partial charge in [-0.2, -0.15) is 0 Å². The van der Waals surface area contributed by atoms with E-state index in [1.807, 2.05) is 43.5 Å². The van der Waals surface area contributed by atoms with Gasteiger partial charge >= 0.3 is 0 Å². The molecule has 0 aliphatic rings. The number of hydrogen-bond donors (Lipinski definition) is 3. The second-order valence-electron chi connectivity index (χ2n) is 4.83. The zero-order valence-corrected chi connectivity index (χ0v) is 11.9. The van der Waals surface area contributed by atoms with Crippen molar-refractivity contribution < 1.29 is 4.79 Å². The number of amides is 1. The fourth-order valence-electron chi connectivity index (χ4n) is 2.05. The van der Waals surface area contributed by atoms with Gasteiger partial charge in [-0.25, -0.2) is 4.98 Å². The van der Waals surface area contributed by atoms with Gasteiger partial charge in [-0.1, -0.05) is 6.08 Å². The molecule has 0 atom stereocenters. The van der Waals surface area contributed by atoms with Crippen molar-refractivity contribution in [3.8, 4) is 11.5 Å². The smallest absolute Gasteiger partial charge is 0.250 e. The van der Waals surface area contributed by atoms with Crippen LogP contribution >= 0.6 is 0 Å². The van der Waals surface area contributed by atoms with Crippen LogP contribution in [0.2, 0.25) is 0 Å². The highest BCUT2D eigenvalue weighted by molar-refractivity contribution is 6.04. The van der Waals surface area contributed by atoms with Crippen LogP contribution in [-0.4, -0.2) is 20.9 Å². The quantitative estimate of drug-likeness (QED) is 0.643. The minimum Gasteiger partial charge on any atom is -0.359 e. The summed E-state index contributed by atoms with van der Waals surface area (Å²) in [4.78, 5) is 22.8. The Morgan fingerprint density at radius 3 is 2.90 bits per heavy atom. The average molecular weight is 280 g/mol. The number of aromatic nitrogens is 3. The Bertz CT molecular complexity index is 812. The Hall–Kier alpha value is -2.82. The van der Waals surface area contributed by atoms with E-state index in [2.05, 4.69) is 20.3 Å². The van der Waals surface area contributed by atoms with Gasteiger partial charge in [0.2, 0.25) is 0 Å². The lowest BCUT2D eigenvalue weighted by Crippen LogP contribution is -2.12. The first-order chi connectivity index (χ1) is 10.2. The molecule has 1 aromatic carbocycles. The van der Waals surface area contributed by atoms with Crippen LogP contribution in [0.15, 0.2) is 48.2 Å². The zero-order valence-electron chi connectivity index (χ0n) is 11.9. The number of allylic oxidation sites excluding steroid dienone is 1. The molecular weight excluding hydrogens is 264 g/mol. The number of carbonyl (C=O) groups excluding carboxylic acids is 1. The maximum Gasteiger partial charge on any atom is 0.250 e. The fourth-order valence-corrected chi connectivity index (χ4v) is 2.05. The van der Waals surface area contributed by atoms with Crippen LogP contribution in [0.25, 0.3) is 22.6 Å². The van der Waals surface area contributed by atoms with E-state index in [1.165, 1.54) is 0 Å². The van der Waals surface area contributed by atoms with Gasteiger partial charge in [-0.15, -0.1) is 0 Å². The highest BCUT2D eigenvalue weighted by atomic mass is 16.1. The molecule has 2 aromatic heterocycles. The zero-order chi connectivity index (χ0) is 14.8. The van der Waals surface area contributed by atoms with Crippen molar-refractivity contribution in [2.45, 2.75) is 13.8 Å². The maximum atomic E-state index is 11.9. The lowest BCUT2D eigenvalue weighted by atomic mass is 10.2. The van der Waals surface area contributed by atoms with Gasteiger partial charge in [-0.3, -0.25) is 4.79 Å². The molecule has 3 rings (SSSR count). The molecule has 5 heteroatoms. The Morgan fingerprint density at radius 2 is 2.19 bits per heavy atom. The minimum atomic E-state index is -0.100. The van der Waals surface area contributed by atoms with Crippen LogP contribution in [0.5, 0.6) is 0 Å². The average Bonchev–Trinajstić information content (AvgIpc) is 3.14. The number of benzene rings is 1. The summed E-state index contributed by atoms with van der Waals surface area (Å²) in [6.45, 7) is 3.63. The lowest BCUT2D eigenvalue weighted by molar-refractivity contribution is -0.112. The molecular formula is C16H16N4O. The van der Waals surface area contributed by atoms with E-state index in [1.54, 1.807) is 13.0 Å². The molecule has 106 valence electrons. The second-order valence-corrected chi connectivity index (χ2v) is 4.83. The lowest BCUT2D eigenvalue weighted by Gasteiger charge is -2.04. The van der Waals surface area contributed by atoms with Gasteiger partial charge in [0, 0.05) is 17.5 Å². The maximum absolute atomic E-state index is 11.9. The van der Waals surface area contributed by atoms with Crippen molar-refractivity contribution in [1.29, 1.82) is 0 Å². The molecule has 0 unspecified atom stereocenters. The van der Waals surface area contributed by atoms with Crippen molar-refractivity contribution in [2.75, 3.05) is 5.32 Å². The molecule has 0 spiro atoms. The highest BCUT2D eigenvalue weighted by Crippen LogP contribution is 2.22. The van der Waals surface area contributed by atoms with Crippen molar-refractivity contribution in [1.82, 2.24) is 15.0 Å². The summed E-state index contributed by atoms with van der Waals surface area (Å²) in [7, 11) is 0. The SMILES string of the molecule is C/C=C(\C)C(=O)Nc1ccc2[nH]c(-c3ccc[nH]3)nc2c1. The Morgan fingerprint density at radius 1 is 1.33 bits per heavy atom. The molecule has 0 radical (unpaired) electrons. The Kier molecular flexibility index (Phi) is 3.31. The van der Waals surface area contributed by atoms with Crippen LogP contribution in [0, 0.1) is 0 Å². The standard InChI is InChI=1S/C16H16N4O/c1-3-10(2)16(21)18-11-6-7-12-14(9-11)20-15(19-12)13-5-4-8-17-13/h3-9,17H,1-2H3,(H,18,21)(H,19,20)/b10-3+. The molecule has 3 aromatic rings. The summed E-state index contributed by atoms with van der Waals surface area (Å²) in [6, 6.07) is 9.51. The number of imidazole rings is 1. The van der Waals surface area contributed by atoms with E-state index in [-0.39, 0.29) is 5.91 Å². The van der Waals surface area contributed by atoms with E-state index in [0.717, 1.165) is 28.2 Å². The normalized spacial score (nSPS) is 11.8. The topological polar surface area (TPSA) is 73.6 Å². The third kappa shape index (κ3) is 2.58. The molecule has 5 nitrogen and oxygen atoms in total. The minimum absolute atomic E-state index is 0.100. The number of aromatic amines is 2. The summed E-state index contributed by atoms with van der Waals surface area (Å²) in [5.74, 6) is 0.681. The van der Waals surface area contributed by atoms with Crippen LogP contribution in [0.3, 0.4) is 0 Å². The molecule has 0 bridgehead atoms. The van der Waals surface area contributed by atoms with Crippen LogP contribution in [0.4, 0.5) is 5.69 Å². The van der Waals surface area contributed by atoms with Gasteiger partial charge in [0.1, 0.15) is 0 Å². The van der Waals surface area contributed by atoms with Gasteiger partial charge in [0.15, 0.2) is 5.82 Å². The van der Waals surface area contributed by atoms with Gasteiger partial charge < -0.3 is 15.3 Å². The Balaban J connectivity index is 1.92. The molecule has 0 aliphatic carbocycles. The molecule has 0 saturated carbocycles. The number of nitrogens with zero attached hydrogens (tertiary/aromatic N) is 1. The molecule has 0 fully saturated rings. The third-order valence-corrected chi connectivity index (χ3v) is 3.39. The van der Waals surface area contributed by atoms with Crippen LogP contribution in [-0.2, 0) is 4.79 Å². The summed E-state index contributed by atoms with van der Waals surface area (Å²) in [6.07, 6.45) is 3.64.